The van der Waals surface area contributed by atoms with Crippen molar-refractivity contribution in [3.05, 3.63) is 48.3 Å². The van der Waals surface area contributed by atoms with Crippen LogP contribution < -0.4 is 0 Å². The summed E-state index contributed by atoms with van der Waals surface area (Å²) >= 11 is 3.46. The average molecular weight is 340 g/mol. The second-order valence-electron chi connectivity index (χ2n) is 5.00. The lowest BCUT2D eigenvalue weighted by molar-refractivity contribution is -0.133. The van der Waals surface area contributed by atoms with Crippen molar-refractivity contribution in [3.63, 3.8) is 0 Å². The summed E-state index contributed by atoms with van der Waals surface area (Å²) in [5.74, 6) is 1.77. The number of amides is 1. The van der Waals surface area contributed by atoms with Gasteiger partial charge in [0.1, 0.15) is 11.5 Å². The highest BCUT2D eigenvalue weighted by Gasteiger charge is 2.26. The molecule has 1 atom stereocenters. The van der Waals surface area contributed by atoms with Gasteiger partial charge in [0.25, 0.3) is 0 Å². The topological polar surface area (TPSA) is 46.6 Å². The van der Waals surface area contributed by atoms with Crippen LogP contribution in [0.4, 0.5) is 0 Å². The Morgan fingerprint density at radius 1 is 1.15 bits per heavy atom. The lowest BCUT2D eigenvalue weighted by Crippen LogP contribution is -2.37. The molecule has 4 nitrogen and oxygen atoms in total. The molecular formula is C15H18BrNO3. The fourth-order valence-electron chi connectivity index (χ4n) is 1.85. The smallest absolute Gasteiger partial charge is 0.237 e. The van der Waals surface area contributed by atoms with Gasteiger partial charge >= 0.3 is 0 Å². The number of halogens is 1. The van der Waals surface area contributed by atoms with E-state index in [0.29, 0.717) is 13.1 Å². The van der Waals surface area contributed by atoms with Crippen LogP contribution in [0.3, 0.4) is 0 Å². The molecule has 0 aliphatic heterocycles. The predicted molar refractivity (Wildman–Crippen MR) is 79.2 cm³/mol. The first-order valence-corrected chi connectivity index (χ1v) is 7.47. The lowest BCUT2D eigenvalue weighted by Gasteiger charge is -2.25. The fourth-order valence-corrected chi connectivity index (χ4v) is 2.14. The summed E-state index contributed by atoms with van der Waals surface area (Å²) < 4.78 is 10.7. The minimum absolute atomic E-state index is 0.0350. The van der Waals surface area contributed by atoms with Crippen molar-refractivity contribution in [2.24, 2.45) is 5.92 Å². The van der Waals surface area contributed by atoms with Crippen molar-refractivity contribution in [3.8, 4) is 0 Å². The monoisotopic (exact) mass is 339 g/mol. The normalized spacial score (nSPS) is 12.6. The van der Waals surface area contributed by atoms with Crippen molar-refractivity contribution < 1.29 is 13.6 Å². The number of carbonyl (C=O) groups excluding carboxylic acids is 1. The first-order valence-electron chi connectivity index (χ1n) is 6.55. The summed E-state index contributed by atoms with van der Waals surface area (Å²) in [7, 11) is 0. The van der Waals surface area contributed by atoms with Gasteiger partial charge in [0.05, 0.1) is 30.4 Å². The largest absolute Gasteiger partial charge is 0.467 e. The molecule has 0 radical (unpaired) electrons. The Kier molecular flexibility index (Phi) is 5.06. The SMILES string of the molecule is CC(C)C(Br)C(=O)N(Cc1ccco1)Cc1ccco1. The van der Waals surface area contributed by atoms with Crippen LogP contribution in [0.15, 0.2) is 45.6 Å². The van der Waals surface area contributed by atoms with E-state index in [1.165, 1.54) is 0 Å². The molecule has 0 aliphatic rings. The van der Waals surface area contributed by atoms with Crippen LogP contribution in [0.5, 0.6) is 0 Å². The fraction of sp³-hybridized carbons (Fsp3) is 0.400. The van der Waals surface area contributed by atoms with Gasteiger partial charge in [-0.1, -0.05) is 29.8 Å². The van der Waals surface area contributed by atoms with Crippen LogP contribution >= 0.6 is 15.9 Å². The molecule has 2 rings (SSSR count). The summed E-state index contributed by atoms with van der Waals surface area (Å²) in [6, 6.07) is 7.36. The van der Waals surface area contributed by atoms with Gasteiger partial charge < -0.3 is 13.7 Å². The Labute approximate surface area is 126 Å². The van der Waals surface area contributed by atoms with Gasteiger partial charge in [0, 0.05) is 0 Å². The summed E-state index contributed by atoms with van der Waals surface area (Å²) in [5, 5.41) is 0. The standard InChI is InChI=1S/C15H18BrNO3/c1-11(2)14(16)15(18)17(9-12-5-3-7-19-12)10-13-6-4-8-20-13/h3-8,11,14H,9-10H2,1-2H3. The Bertz CT molecular complexity index is 483. The Morgan fingerprint density at radius 2 is 1.65 bits per heavy atom. The molecule has 0 aromatic carbocycles. The number of furan rings is 2. The third-order valence-electron chi connectivity index (χ3n) is 2.99. The van der Waals surface area contributed by atoms with E-state index >= 15 is 0 Å². The van der Waals surface area contributed by atoms with E-state index < -0.39 is 0 Å². The highest BCUT2D eigenvalue weighted by molar-refractivity contribution is 9.10. The molecule has 0 saturated heterocycles. The number of rotatable bonds is 6. The second kappa shape index (κ2) is 6.79. The number of carbonyl (C=O) groups is 1. The van der Waals surface area contributed by atoms with Crippen LogP contribution in [-0.2, 0) is 17.9 Å². The van der Waals surface area contributed by atoms with Crippen LogP contribution in [0, 0.1) is 5.92 Å². The maximum absolute atomic E-state index is 12.5. The molecule has 2 aromatic heterocycles. The molecule has 2 heterocycles. The van der Waals surface area contributed by atoms with Gasteiger partial charge in [-0.3, -0.25) is 4.79 Å². The summed E-state index contributed by atoms with van der Waals surface area (Å²) in [6.45, 7) is 4.88. The van der Waals surface area contributed by atoms with E-state index in [4.69, 9.17) is 8.83 Å². The van der Waals surface area contributed by atoms with Gasteiger partial charge in [-0.25, -0.2) is 0 Å². The zero-order chi connectivity index (χ0) is 14.5. The third kappa shape index (κ3) is 3.76. The van der Waals surface area contributed by atoms with E-state index in [0.717, 1.165) is 11.5 Å². The summed E-state index contributed by atoms with van der Waals surface area (Å²) in [4.78, 5) is 14.1. The predicted octanol–water partition coefficient (Wildman–Crippen LogP) is 3.82. The molecule has 2 aromatic rings. The zero-order valence-electron chi connectivity index (χ0n) is 11.6. The first-order chi connectivity index (χ1) is 9.58. The van der Waals surface area contributed by atoms with Crippen molar-refractivity contribution in [1.29, 1.82) is 0 Å². The average Bonchev–Trinajstić information content (AvgIpc) is 3.09. The van der Waals surface area contributed by atoms with Crippen LogP contribution in [0.2, 0.25) is 0 Å². The number of nitrogens with zero attached hydrogens (tertiary/aromatic N) is 1. The van der Waals surface area contributed by atoms with Gasteiger partial charge in [0.2, 0.25) is 5.91 Å². The summed E-state index contributed by atoms with van der Waals surface area (Å²) in [6.07, 6.45) is 3.22. The molecule has 0 aliphatic carbocycles. The van der Waals surface area contributed by atoms with Gasteiger partial charge in [-0.05, 0) is 30.2 Å². The first kappa shape index (κ1) is 14.9. The highest BCUT2D eigenvalue weighted by Crippen LogP contribution is 2.19. The van der Waals surface area contributed by atoms with E-state index in [2.05, 4.69) is 15.9 Å². The number of hydrogen-bond donors (Lipinski definition) is 0. The van der Waals surface area contributed by atoms with Crippen molar-refractivity contribution in [2.75, 3.05) is 0 Å². The van der Waals surface area contributed by atoms with Crippen molar-refractivity contribution in [1.82, 2.24) is 4.90 Å². The molecule has 0 fully saturated rings. The van der Waals surface area contributed by atoms with Gasteiger partial charge in [-0.2, -0.15) is 0 Å². The minimum atomic E-state index is -0.215. The van der Waals surface area contributed by atoms with Crippen LogP contribution in [0.1, 0.15) is 25.4 Å². The van der Waals surface area contributed by atoms with Gasteiger partial charge in [-0.15, -0.1) is 0 Å². The molecule has 0 bridgehead atoms. The molecule has 108 valence electrons. The third-order valence-corrected chi connectivity index (χ3v) is 4.44. The molecule has 5 heteroatoms. The van der Waals surface area contributed by atoms with E-state index in [1.54, 1.807) is 17.4 Å². The van der Waals surface area contributed by atoms with E-state index in [9.17, 15) is 4.79 Å². The van der Waals surface area contributed by atoms with Gasteiger partial charge in [0.15, 0.2) is 0 Å². The van der Waals surface area contributed by atoms with E-state index in [-0.39, 0.29) is 16.7 Å². The quantitative estimate of drug-likeness (QED) is 0.751. The molecule has 1 unspecified atom stereocenters. The minimum Gasteiger partial charge on any atom is -0.467 e. The maximum Gasteiger partial charge on any atom is 0.237 e. The Morgan fingerprint density at radius 3 is 2.00 bits per heavy atom. The lowest BCUT2D eigenvalue weighted by atomic mass is 10.1. The molecule has 0 N–H and O–H groups in total. The van der Waals surface area contributed by atoms with Crippen molar-refractivity contribution in [2.45, 2.75) is 31.8 Å². The number of alkyl halides is 1. The zero-order valence-corrected chi connectivity index (χ0v) is 13.2. The maximum atomic E-state index is 12.5. The van der Waals surface area contributed by atoms with Crippen molar-refractivity contribution >= 4 is 21.8 Å². The highest BCUT2D eigenvalue weighted by atomic mass is 79.9. The molecule has 0 spiro atoms. The second-order valence-corrected chi connectivity index (χ2v) is 5.99. The molecule has 20 heavy (non-hydrogen) atoms. The number of hydrogen-bond acceptors (Lipinski definition) is 3. The molecule has 1 amide bonds. The Hall–Kier alpha value is -1.49. The Balaban J connectivity index is 2.12. The van der Waals surface area contributed by atoms with Crippen LogP contribution in [0.25, 0.3) is 0 Å². The van der Waals surface area contributed by atoms with E-state index in [1.807, 2.05) is 38.1 Å². The molecular weight excluding hydrogens is 322 g/mol. The summed E-state index contributed by atoms with van der Waals surface area (Å²) in [5.41, 5.74) is 0. The van der Waals surface area contributed by atoms with Crippen LogP contribution in [-0.4, -0.2) is 15.6 Å². The molecule has 0 saturated carbocycles.